The Morgan fingerprint density at radius 2 is 1.97 bits per heavy atom. The number of esters is 1. The standard InChI is InChI=1S/C22H17Cl3N4O6S2.Na/c1-8(30)35-5-9-6-36-20-16(19(32)29(20)17(9)21(33)34)28-18(31)11(14-7-37-22(26)27-14)4-10-12(23)2-3-13(24)15(10)25;/h2-4,7,16,20H,5-6H2,1H3,(H2,26,27)(H,28,31)(H,33,34);/q;+1/p-1/b11-4-;/t16?,20-;/m0./s1. The summed E-state index contributed by atoms with van der Waals surface area (Å²) in [4.78, 5) is 54.5. The first kappa shape index (κ1) is 30.8. The molecule has 1 saturated heterocycles. The maximum absolute atomic E-state index is 13.4. The second-order valence-corrected chi connectivity index (χ2v) is 11.0. The number of carbonyl (C=O) groups excluding carboxylic acids is 4. The summed E-state index contributed by atoms with van der Waals surface area (Å²) in [6, 6.07) is 1.97. The van der Waals surface area contributed by atoms with Crippen molar-refractivity contribution in [2.75, 3.05) is 18.1 Å². The minimum atomic E-state index is -1.59. The van der Waals surface area contributed by atoms with Gasteiger partial charge in [0, 0.05) is 34.2 Å². The van der Waals surface area contributed by atoms with E-state index in [1.165, 1.54) is 36.9 Å². The van der Waals surface area contributed by atoms with Crippen LogP contribution < -0.4 is 45.7 Å². The molecule has 0 saturated carbocycles. The molecule has 1 unspecified atom stereocenters. The van der Waals surface area contributed by atoms with Gasteiger partial charge < -0.3 is 25.7 Å². The Kier molecular flexibility index (Phi) is 10.2. The Hall–Kier alpha value is -1.77. The van der Waals surface area contributed by atoms with Crippen molar-refractivity contribution in [2.24, 2.45) is 0 Å². The van der Waals surface area contributed by atoms with Crippen LogP contribution in [0, 0.1) is 0 Å². The fraction of sp³-hybridized carbons (Fsp3) is 0.227. The number of aromatic nitrogens is 1. The van der Waals surface area contributed by atoms with Gasteiger partial charge in [0.2, 0.25) is 0 Å². The Morgan fingerprint density at radius 1 is 1.29 bits per heavy atom. The number of ether oxygens (including phenoxy) is 1. The van der Waals surface area contributed by atoms with Gasteiger partial charge in [-0.05, 0) is 18.2 Å². The first-order valence-electron chi connectivity index (χ1n) is 10.4. The number of β-lactam (4-membered cyclic amide) rings is 1. The van der Waals surface area contributed by atoms with Crippen molar-refractivity contribution in [2.45, 2.75) is 18.3 Å². The van der Waals surface area contributed by atoms with Gasteiger partial charge in [0.15, 0.2) is 5.13 Å². The molecule has 38 heavy (non-hydrogen) atoms. The van der Waals surface area contributed by atoms with E-state index in [2.05, 4.69) is 10.3 Å². The van der Waals surface area contributed by atoms with E-state index >= 15 is 0 Å². The number of benzene rings is 1. The van der Waals surface area contributed by atoms with Crippen molar-refractivity contribution in [3.63, 3.8) is 0 Å². The minimum Gasteiger partial charge on any atom is -0.543 e. The van der Waals surface area contributed by atoms with Crippen molar-refractivity contribution in [3.8, 4) is 0 Å². The van der Waals surface area contributed by atoms with E-state index < -0.39 is 35.2 Å². The third-order valence-corrected chi connectivity index (χ3v) is 8.55. The molecular formula is C22H16Cl3N4NaO6S2. The molecule has 0 radical (unpaired) electrons. The van der Waals surface area contributed by atoms with Crippen LogP contribution >= 0.6 is 57.9 Å². The summed E-state index contributed by atoms with van der Waals surface area (Å²) in [6.45, 7) is 0.891. The molecule has 1 aromatic heterocycles. The Bertz CT molecular complexity index is 1400. The Labute approximate surface area is 261 Å². The number of nitrogens with one attached hydrogen (secondary N) is 1. The monoisotopic (exact) mass is 624 g/mol. The molecule has 3 N–H and O–H groups in total. The number of thioether (sulfide) groups is 1. The predicted octanol–water partition coefficient (Wildman–Crippen LogP) is -0.803. The van der Waals surface area contributed by atoms with Crippen molar-refractivity contribution < 1.29 is 58.6 Å². The molecule has 194 valence electrons. The Balaban J connectivity index is 0.00000400. The molecule has 0 bridgehead atoms. The fourth-order valence-electron chi connectivity index (χ4n) is 3.68. The quantitative estimate of drug-likeness (QED) is 0.132. The van der Waals surface area contributed by atoms with E-state index in [1.54, 1.807) is 5.38 Å². The molecule has 2 aliphatic rings. The summed E-state index contributed by atoms with van der Waals surface area (Å²) in [6.07, 6.45) is 1.39. The molecule has 4 rings (SSSR count). The summed E-state index contributed by atoms with van der Waals surface area (Å²) < 4.78 is 4.90. The summed E-state index contributed by atoms with van der Waals surface area (Å²) >= 11 is 21.0. The number of nitrogens with two attached hydrogens (primary N) is 1. The van der Waals surface area contributed by atoms with Crippen LogP contribution in [0.3, 0.4) is 0 Å². The van der Waals surface area contributed by atoms with Gasteiger partial charge >= 0.3 is 35.5 Å². The van der Waals surface area contributed by atoms with Gasteiger partial charge in [-0.1, -0.05) is 34.8 Å². The number of nitrogen functional groups attached to an aromatic ring is 1. The molecule has 1 fully saturated rings. The maximum Gasteiger partial charge on any atom is 1.00 e. The van der Waals surface area contributed by atoms with E-state index in [1.807, 2.05) is 0 Å². The second kappa shape index (κ2) is 12.6. The number of thiazole rings is 1. The summed E-state index contributed by atoms with van der Waals surface area (Å²) in [7, 11) is 0. The van der Waals surface area contributed by atoms with Gasteiger partial charge in [0.25, 0.3) is 11.8 Å². The zero-order chi connectivity index (χ0) is 27.0. The predicted molar refractivity (Wildman–Crippen MR) is 140 cm³/mol. The fourth-order valence-corrected chi connectivity index (χ4v) is 6.21. The first-order valence-corrected chi connectivity index (χ1v) is 13.4. The van der Waals surface area contributed by atoms with Crippen LogP contribution in [0.15, 0.2) is 28.8 Å². The van der Waals surface area contributed by atoms with Gasteiger partial charge in [-0.25, -0.2) is 4.98 Å². The molecular weight excluding hydrogens is 610 g/mol. The largest absolute Gasteiger partial charge is 1.00 e. The van der Waals surface area contributed by atoms with Gasteiger partial charge in [0.05, 0.1) is 33.0 Å². The molecule has 1 aromatic carbocycles. The molecule has 0 spiro atoms. The smallest absolute Gasteiger partial charge is 0.543 e. The number of rotatable bonds is 7. The van der Waals surface area contributed by atoms with E-state index in [4.69, 9.17) is 45.3 Å². The number of carboxylic acids is 1. The normalized spacial score (nSPS) is 18.8. The average Bonchev–Trinajstić information content (AvgIpc) is 3.28. The van der Waals surface area contributed by atoms with E-state index in [0.717, 1.165) is 16.2 Å². The molecule has 0 aliphatic carbocycles. The van der Waals surface area contributed by atoms with Crippen LogP contribution in [0.4, 0.5) is 5.13 Å². The van der Waals surface area contributed by atoms with Gasteiger partial charge in [0.1, 0.15) is 18.0 Å². The number of nitrogens with zero attached hydrogens (tertiary/aromatic N) is 2. The summed E-state index contributed by atoms with van der Waals surface area (Å²) in [5.41, 5.74) is 6.09. The van der Waals surface area contributed by atoms with E-state index in [9.17, 15) is 24.3 Å². The minimum absolute atomic E-state index is 0. The first-order chi connectivity index (χ1) is 17.5. The van der Waals surface area contributed by atoms with Crippen LogP contribution in [0.1, 0.15) is 18.2 Å². The number of amides is 2. The molecule has 10 nitrogen and oxygen atoms in total. The van der Waals surface area contributed by atoms with Gasteiger partial charge in [-0.3, -0.25) is 19.3 Å². The van der Waals surface area contributed by atoms with Crippen LogP contribution in [-0.2, 0) is 23.9 Å². The van der Waals surface area contributed by atoms with Crippen molar-refractivity contribution in [1.29, 1.82) is 0 Å². The molecule has 2 aromatic rings. The van der Waals surface area contributed by atoms with Crippen molar-refractivity contribution in [3.05, 3.63) is 55.1 Å². The number of carbonyl (C=O) groups is 4. The number of carboxylic acid groups (broad SMARTS) is 1. The number of aliphatic carboxylic acids is 1. The molecule has 3 heterocycles. The summed E-state index contributed by atoms with van der Waals surface area (Å²) in [5.74, 6) is -3.40. The van der Waals surface area contributed by atoms with E-state index in [-0.39, 0.29) is 90.2 Å². The SMILES string of the molecule is CC(=O)OCC1=C(C(=O)[O-])N2C(=O)C(NC(=O)/C(=C\c3c(Cl)ccc(Cl)c3Cl)c3csc(N)n3)[C@@H]2SC1.[Na+]. The number of anilines is 1. The number of hydrogen-bond acceptors (Lipinski definition) is 10. The topological polar surface area (TPSA) is 155 Å². The van der Waals surface area contributed by atoms with Crippen LogP contribution in [-0.4, -0.2) is 57.4 Å². The molecule has 2 aliphatic heterocycles. The Morgan fingerprint density at radius 3 is 2.58 bits per heavy atom. The zero-order valence-corrected chi connectivity index (χ0v) is 25.7. The van der Waals surface area contributed by atoms with Gasteiger partial charge in [-0.15, -0.1) is 23.1 Å². The van der Waals surface area contributed by atoms with Crippen LogP contribution in [0.25, 0.3) is 11.6 Å². The summed E-state index contributed by atoms with van der Waals surface area (Å²) in [5, 5.41) is 16.0. The molecule has 2 atom stereocenters. The second-order valence-electron chi connectivity index (χ2n) is 7.77. The van der Waals surface area contributed by atoms with Crippen LogP contribution in [0.5, 0.6) is 0 Å². The number of fused-ring (bicyclic) bond motifs is 1. The molecule has 2 amide bonds. The number of halogens is 3. The third kappa shape index (κ3) is 6.18. The van der Waals surface area contributed by atoms with E-state index in [0.29, 0.717) is 0 Å². The maximum atomic E-state index is 13.4. The number of hydrogen-bond donors (Lipinski definition) is 2. The van der Waals surface area contributed by atoms with Crippen LogP contribution in [0.2, 0.25) is 15.1 Å². The third-order valence-electron chi connectivity index (χ3n) is 5.39. The van der Waals surface area contributed by atoms with Crippen molar-refractivity contribution >= 4 is 98.4 Å². The average molecular weight is 626 g/mol. The van der Waals surface area contributed by atoms with Gasteiger partial charge in [-0.2, -0.15) is 0 Å². The van der Waals surface area contributed by atoms with Crippen molar-refractivity contribution in [1.82, 2.24) is 15.2 Å². The molecule has 16 heteroatoms. The zero-order valence-electron chi connectivity index (χ0n) is 19.7.